The van der Waals surface area contributed by atoms with Crippen molar-refractivity contribution in [2.24, 2.45) is 23.2 Å². The van der Waals surface area contributed by atoms with E-state index in [-0.39, 0.29) is 16.8 Å². The monoisotopic (exact) mass is 296 g/mol. The molecule has 0 radical (unpaired) electrons. The van der Waals surface area contributed by atoms with Crippen molar-refractivity contribution in [2.45, 2.75) is 63.4 Å². The fraction of sp³-hybridized carbons (Fsp3) is 0.824. The van der Waals surface area contributed by atoms with Gasteiger partial charge in [-0.15, -0.1) is 0 Å². The Kier molecular flexibility index (Phi) is 2.89. The smallest absolute Gasteiger partial charge is 0.263 e. The SMILES string of the molecule is O=C(/C=C(\C(F)F)C1(O)CC1)C12CC3CC(CC(C3)C1)C2. The number of carbonyl (C=O) groups is 1. The predicted molar refractivity (Wildman–Crippen MR) is 73.9 cm³/mol. The highest BCUT2D eigenvalue weighted by atomic mass is 19.3. The molecule has 21 heavy (non-hydrogen) atoms. The first kappa shape index (κ1) is 13.9. The Morgan fingerprint density at radius 3 is 1.90 bits per heavy atom. The normalized spacial score (nSPS) is 43.4. The number of hydrogen-bond acceptors (Lipinski definition) is 2. The molecule has 5 rings (SSSR count). The lowest BCUT2D eigenvalue weighted by atomic mass is 9.48. The van der Waals surface area contributed by atoms with Crippen LogP contribution < -0.4 is 0 Å². The van der Waals surface area contributed by atoms with Crippen molar-refractivity contribution < 1.29 is 18.7 Å². The molecule has 0 aromatic rings. The number of halogens is 2. The molecule has 0 aromatic carbocycles. The zero-order valence-electron chi connectivity index (χ0n) is 12.2. The minimum absolute atomic E-state index is 0.128. The summed E-state index contributed by atoms with van der Waals surface area (Å²) in [6.45, 7) is 0. The third-order valence-corrected chi connectivity index (χ3v) is 6.34. The standard InChI is InChI=1S/C17H22F2O2/c18-15(19)13(17(21)1-2-17)6-14(20)16-7-10-3-11(8-16)5-12(4-10)9-16/h6,10-12,15,21H,1-5,7-9H2/b13-6+. The third kappa shape index (κ3) is 2.18. The number of rotatable bonds is 4. The van der Waals surface area contributed by atoms with Crippen molar-refractivity contribution in [2.75, 3.05) is 0 Å². The highest BCUT2D eigenvalue weighted by molar-refractivity contribution is 5.96. The van der Waals surface area contributed by atoms with Gasteiger partial charge in [0, 0.05) is 11.0 Å². The number of carbonyl (C=O) groups excluding carboxylic acids is 1. The molecule has 5 aliphatic carbocycles. The molecule has 0 unspecified atom stereocenters. The maximum atomic E-state index is 13.2. The Hall–Kier alpha value is -0.770. The molecule has 0 atom stereocenters. The molecule has 5 saturated carbocycles. The highest BCUT2D eigenvalue weighted by Crippen LogP contribution is 2.60. The van der Waals surface area contributed by atoms with Gasteiger partial charge in [-0.3, -0.25) is 4.79 Å². The summed E-state index contributed by atoms with van der Waals surface area (Å²) in [7, 11) is 0. The number of allylic oxidation sites excluding steroid dienone is 1. The van der Waals surface area contributed by atoms with Crippen LogP contribution in [-0.4, -0.2) is 22.9 Å². The number of hydrogen-bond donors (Lipinski definition) is 1. The third-order valence-electron chi connectivity index (χ3n) is 6.34. The van der Waals surface area contributed by atoms with Crippen LogP contribution >= 0.6 is 0 Å². The molecular formula is C17H22F2O2. The maximum absolute atomic E-state index is 13.2. The second-order valence-electron chi connectivity index (χ2n) is 7.99. The molecule has 5 aliphatic rings. The largest absolute Gasteiger partial charge is 0.385 e. The lowest BCUT2D eigenvalue weighted by Crippen LogP contribution is -2.49. The minimum atomic E-state index is -2.73. The van der Waals surface area contributed by atoms with Crippen LogP contribution in [0.3, 0.4) is 0 Å². The molecule has 5 fully saturated rings. The molecule has 4 bridgehead atoms. The zero-order chi connectivity index (χ0) is 14.8. The van der Waals surface area contributed by atoms with Crippen LogP contribution in [0.4, 0.5) is 8.78 Å². The molecule has 0 aliphatic heterocycles. The summed E-state index contributed by atoms with van der Waals surface area (Å²) in [6.07, 6.45) is 5.43. The molecule has 4 heteroatoms. The van der Waals surface area contributed by atoms with Crippen LogP contribution in [0.5, 0.6) is 0 Å². The van der Waals surface area contributed by atoms with E-state index in [1.165, 1.54) is 19.3 Å². The molecule has 2 nitrogen and oxygen atoms in total. The van der Waals surface area contributed by atoms with Gasteiger partial charge in [-0.05, 0) is 75.2 Å². The molecular weight excluding hydrogens is 274 g/mol. The van der Waals surface area contributed by atoms with Gasteiger partial charge in [-0.25, -0.2) is 8.78 Å². The van der Waals surface area contributed by atoms with E-state index in [2.05, 4.69) is 0 Å². The summed E-state index contributed by atoms with van der Waals surface area (Å²) in [6, 6.07) is 0. The van der Waals surface area contributed by atoms with Crippen molar-refractivity contribution in [1.82, 2.24) is 0 Å². The summed E-state index contributed by atoms with van der Waals surface area (Å²) >= 11 is 0. The summed E-state index contributed by atoms with van der Waals surface area (Å²) < 4.78 is 26.4. The van der Waals surface area contributed by atoms with Gasteiger partial charge in [0.25, 0.3) is 6.43 Å². The van der Waals surface area contributed by atoms with E-state index in [0.717, 1.165) is 25.3 Å². The van der Waals surface area contributed by atoms with Crippen molar-refractivity contribution in [1.29, 1.82) is 0 Å². The first-order valence-corrected chi connectivity index (χ1v) is 8.17. The summed E-state index contributed by atoms with van der Waals surface area (Å²) in [4.78, 5) is 12.8. The maximum Gasteiger partial charge on any atom is 0.263 e. The fourth-order valence-corrected chi connectivity index (χ4v) is 5.51. The van der Waals surface area contributed by atoms with Gasteiger partial charge in [0.2, 0.25) is 0 Å². The fourth-order valence-electron chi connectivity index (χ4n) is 5.51. The van der Waals surface area contributed by atoms with E-state index in [4.69, 9.17) is 0 Å². The Bertz CT molecular complexity index is 470. The van der Waals surface area contributed by atoms with Crippen LogP contribution in [0.15, 0.2) is 11.6 Å². The van der Waals surface area contributed by atoms with Crippen LogP contribution in [-0.2, 0) is 4.79 Å². The first-order chi connectivity index (χ1) is 9.90. The topological polar surface area (TPSA) is 37.3 Å². The highest BCUT2D eigenvalue weighted by Gasteiger charge is 2.55. The molecule has 0 aromatic heterocycles. The van der Waals surface area contributed by atoms with Gasteiger partial charge < -0.3 is 5.11 Å². The Labute approximate surface area is 123 Å². The second-order valence-corrected chi connectivity index (χ2v) is 7.99. The lowest BCUT2D eigenvalue weighted by molar-refractivity contribution is -0.138. The van der Waals surface area contributed by atoms with Gasteiger partial charge in [0.1, 0.15) is 0 Å². The average molecular weight is 296 g/mol. The minimum Gasteiger partial charge on any atom is -0.385 e. The summed E-state index contributed by atoms with van der Waals surface area (Å²) in [5.74, 6) is 1.73. The van der Waals surface area contributed by atoms with E-state index in [1.807, 2.05) is 0 Å². The molecule has 1 N–H and O–H groups in total. The van der Waals surface area contributed by atoms with Gasteiger partial charge in [-0.2, -0.15) is 0 Å². The number of aliphatic hydroxyl groups is 1. The molecule has 0 heterocycles. The van der Waals surface area contributed by atoms with Gasteiger partial charge in [-0.1, -0.05) is 0 Å². The average Bonchev–Trinajstić information content (AvgIpc) is 3.12. The number of alkyl halides is 2. The van der Waals surface area contributed by atoms with Gasteiger partial charge >= 0.3 is 0 Å². The van der Waals surface area contributed by atoms with Crippen molar-refractivity contribution >= 4 is 5.78 Å². The summed E-state index contributed by atoms with van der Waals surface area (Å²) in [5.41, 5.74) is -2.12. The van der Waals surface area contributed by atoms with Gasteiger partial charge in [0.15, 0.2) is 5.78 Å². The molecule has 116 valence electrons. The van der Waals surface area contributed by atoms with E-state index in [1.54, 1.807) is 0 Å². The zero-order valence-corrected chi connectivity index (χ0v) is 12.2. The Morgan fingerprint density at radius 1 is 1.05 bits per heavy atom. The lowest BCUT2D eigenvalue weighted by Gasteiger charge is -2.55. The predicted octanol–water partition coefficient (Wildman–Crippen LogP) is 3.49. The van der Waals surface area contributed by atoms with Crippen LogP contribution in [0.1, 0.15) is 51.4 Å². The molecule has 0 saturated heterocycles. The van der Waals surface area contributed by atoms with E-state index < -0.39 is 12.0 Å². The van der Waals surface area contributed by atoms with E-state index in [0.29, 0.717) is 30.6 Å². The molecule has 0 spiro atoms. The van der Waals surface area contributed by atoms with Crippen molar-refractivity contribution in [3.8, 4) is 0 Å². The van der Waals surface area contributed by atoms with E-state index >= 15 is 0 Å². The van der Waals surface area contributed by atoms with Crippen LogP contribution in [0.25, 0.3) is 0 Å². The first-order valence-electron chi connectivity index (χ1n) is 8.17. The van der Waals surface area contributed by atoms with Crippen molar-refractivity contribution in [3.63, 3.8) is 0 Å². The molecule has 0 amide bonds. The van der Waals surface area contributed by atoms with E-state index in [9.17, 15) is 18.7 Å². The Morgan fingerprint density at radius 2 is 1.52 bits per heavy atom. The number of ketones is 1. The van der Waals surface area contributed by atoms with Gasteiger partial charge in [0.05, 0.1) is 5.60 Å². The van der Waals surface area contributed by atoms with Crippen LogP contribution in [0, 0.1) is 23.2 Å². The Balaban J connectivity index is 1.62. The quantitative estimate of drug-likeness (QED) is 0.806. The van der Waals surface area contributed by atoms with Crippen LogP contribution in [0.2, 0.25) is 0 Å². The second kappa shape index (κ2) is 4.37. The van der Waals surface area contributed by atoms with Crippen molar-refractivity contribution in [3.05, 3.63) is 11.6 Å². The summed E-state index contributed by atoms with van der Waals surface area (Å²) in [5, 5.41) is 9.99.